The summed E-state index contributed by atoms with van der Waals surface area (Å²) in [6.07, 6.45) is 0.667. The third-order valence-electron chi connectivity index (χ3n) is 2.25. The number of rotatable bonds is 10. The molecule has 0 rings (SSSR count). The molecule has 19 heavy (non-hydrogen) atoms. The van der Waals surface area contributed by atoms with Gasteiger partial charge in [-0.1, -0.05) is 0 Å². The zero-order valence-corrected chi connectivity index (χ0v) is 12.8. The van der Waals surface area contributed by atoms with Crippen LogP contribution >= 0.6 is 0 Å². The molecule has 0 bridgehead atoms. The van der Waals surface area contributed by atoms with Gasteiger partial charge in [0.15, 0.2) is 5.96 Å². The van der Waals surface area contributed by atoms with E-state index in [1.807, 2.05) is 6.92 Å². The van der Waals surface area contributed by atoms with Gasteiger partial charge < -0.3 is 15.4 Å². The van der Waals surface area contributed by atoms with Gasteiger partial charge in [-0.25, -0.2) is 13.1 Å². The highest BCUT2D eigenvalue weighted by Gasteiger charge is 2.04. The lowest BCUT2D eigenvalue weighted by atomic mass is 10.4. The number of hydrogen-bond donors (Lipinski definition) is 3. The molecule has 0 fully saturated rings. The molecular formula is C11H26N4O3S. The molecule has 0 aliphatic rings. The van der Waals surface area contributed by atoms with E-state index in [1.54, 1.807) is 14.0 Å². The van der Waals surface area contributed by atoms with Gasteiger partial charge >= 0.3 is 0 Å². The van der Waals surface area contributed by atoms with Crippen LogP contribution in [0.25, 0.3) is 0 Å². The van der Waals surface area contributed by atoms with E-state index in [2.05, 4.69) is 20.3 Å². The van der Waals surface area contributed by atoms with Gasteiger partial charge in [0.2, 0.25) is 10.0 Å². The lowest BCUT2D eigenvalue weighted by Gasteiger charge is -2.10. The Hall–Kier alpha value is -0.860. The Morgan fingerprint density at radius 1 is 1.21 bits per heavy atom. The van der Waals surface area contributed by atoms with E-state index in [4.69, 9.17) is 4.74 Å². The number of hydrogen-bond acceptors (Lipinski definition) is 4. The second-order valence-corrected chi connectivity index (χ2v) is 5.93. The van der Waals surface area contributed by atoms with E-state index in [1.165, 1.54) is 0 Å². The highest BCUT2D eigenvalue weighted by molar-refractivity contribution is 7.89. The van der Waals surface area contributed by atoms with Crippen LogP contribution in [-0.2, 0) is 14.8 Å². The summed E-state index contributed by atoms with van der Waals surface area (Å²) in [5.41, 5.74) is 0. The van der Waals surface area contributed by atoms with E-state index in [9.17, 15) is 8.42 Å². The highest BCUT2D eigenvalue weighted by atomic mass is 32.2. The van der Waals surface area contributed by atoms with Crippen molar-refractivity contribution in [3.05, 3.63) is 0 Å². The van der Waals surface area contributed by atoms with Crippen molar-refractivity contribution in [3.8, 4) is 0 Å². The number of guanidine groups is 1. The number of nitrogens with zero attached hydrogens (tertiary/aromatic N) is 1. The summed E-state index contributed by atoms with van der Waals surface area (Å²) >= 11 is 0. The zero-order chi connectivity index (χ0) is 14.6. The Kier molecular flexibility index (Phi) is 10.5. The molecule has 0 radical (unpaired) electrons. The molecule has 0 saturated heterocycles. The summed E-state index contributed by atoms with van der Waals surface area (Å²) in [7, 11) is -1.45. The average molecular weight is 294 g/mol. The smallest absolute Gasteiger partial charge is 0.211 e. The van der Waals surface area contributed by atoms with Gasteiger partial charge in [-0.2, -0.15) is 0 Å². The first-order valence-corrected chi connectivity index (χ1v) is 8.19. The van der Waals surface area contributed by atoms with E-state index in [-0.39, 0.29) is 5.75 Å². The normalized spacial score (nSPS) is 12.5. The van der Waals surface area contributed by atoms with Crippen LogP contribution in [-0.4, -0.2) is 60.0 Å². The van der Waals surface area contributed by atoms with Gasteiger partial charge in [0.05, 0.1) is 12.4 Å². The largest absolute Gasteiger partial charge is 0.383 e. The molecule has 0 atom stereocenters. The summed E-state index contributed by atoms with van der Waals surface area (Å²) in [6, 6.07) is 0. The molecule has 0 aliphatic carbocycles. The quantitative estimate of drug-likeness (QED) is 0.287. The number of nitrogens with one attached hydrogen (secondary N) is 3. The first-order chi connectivity index (χ1) is 9.05. The average Bonchev–Trinajstić information content (AvgIpc) is 2.38. The van der Waals surface area contributed by atoms with E-state index in [0.717, 1.165) is 12.5 Å². The van der Waals surface area contributed by atoms with Crippen molar-refractivity contribution in [2.75, 3.05) is 45.6 Å². The van der Waals surface area contributed by atoms with E-state index >= 15 is 0 Å². The fourth-order valence-corrected chi connectivity index (χ4v) is 1.87. The summed E-state index contributed by atoms with van der Waals surface area (Å²) in [4.78, 5) is 4.33. The van der Waals surface area contributed by atoms with Gasteiger partial charge in [0.1, 0.15) is 0 Å². The van der Waals surface area contributed by atoms with Crippen LogP contribution in [0.5, 0.6) is 0 Å². The third kappa shape index (κ3) is 10.7. The SMILES string of the molecule is CCNC(=NCCCNS(=O)(=O)CC)NCCOC. The molecule has 0 unspecified atom stereocenters. The Labute approximate surface area is 116 Å². The fourth-order valence-electron chi connectivity index (χ4n) is 1.21. The second-order valence-electron chi connectivity index (χ2n) is 3.83. The van der Waals surface area contributed by atoms with Gasteiger partial charge in [-0.05, 0) is 20.3 Å². The molecule has 114 valence electrons. The standard InChI is InChI=1S/C11H26N4O3S/c1-4-12-11(14-9-10-18-3)13-7-6-8-15-19(16,17)5-2/h15H,4-10H2,1-3H3,(H2,12,13,14). The Morgan fingerprint density at radius 3 is 2.53 bits per heavy atom. The lowest BCUT2D eigenvalue weighted by molar-refractivity contribution is 0.203. The summed E-state index contributed by atoms with van der Waals surface area (Å²) in [5.74, 6) is 0.829. The fraction of sp³-hybridized carbons (Fsp3) is 0.909. The van der Waals surface area contributed by atoms with Crippen LogP contribution < -0.4 is 15.4 Å². The number of methoxy groups -OCH3 is 1. The molecule has 0 aromatic heterocycles. The van der Waals surface area contributed by atoms with Crippen molar-refractivity contribution in [2.24, 2.45) is 4.99 Å². The van der Waals surface area contributed by atoms with Gasteiger partial charge in [-0.3, -0.25) is 4.99 Å². The molecule has 0 heterocycles. The number of ether oxygens (including phenoxy) is 1. The molecule has 0 aliphatic heterocycles. The topological polar surface area (TPSA) is 91.8 Å². The molecule has 7 nitrogen and oxygen atoms in total. The second kappa shape index (κ2) is 11.0. The molecule has 0 amide bonds. The maximum atomic E-state index is 11.2. The Morgan fingerprint density at radius 2 is 1.95 bits per heavy atom. The maximum absolute atomic E-state index is 11.2. The third-order valence-corrected chi connectivity index (χ3v) is 3.65. The molecule has 0 saturated carbocycles. The molecular weight excluding hydrogens is 268 g/mol. The van der Waals surface area contributed by atoms with Crippen LogP contribution in [0, 0.1) is 0 Å². The number of aliphatic imine (C=N–C) groups is 1. The van der Waals surface area contributed by atoms with Crippen LogP contribution in [0.2, 0.25) is 0 Å². The van der Waals surface area contributed by atoms with Crippen molar-refractivity contribution < 1.29 is 13.2 Å². The van der Waals surface area contributed by atoms with Gasteiger partial charge in [0.25, 0.3) is 0 Å². The lowest BCUT2D eigenvalue weighted by Crippen LogP contribution is -2.39. The van der Waals surface area contributed by atoms with Crippen LogP contribution in [0.15, 0.2) is 4.99 Å². The first-order valence-electron chi connectivity index (χ1n) is 6.54. The van der Waals surface area contributed by atoms with Crippen LogP contribution in [0.4, 0.5) is 0 Å². The first kappa shape index (κ1) is 18.1. The zero-order valence-electron chi connectivity index (χ0n) is 12.0. The minimum absolute atomic E-state index is 0.109. The van der Waals surface area contributed by atoms with Crippen LogP contribution in [0.1, 0.15) is 20.3 Å². The van der Waals surface area contributed by atoms with Crippen molar-refractivity contribution >= 4 is 16.0 Å². The molecule has 0 aromatic carbocycles. The summed E-state index contributed by atoms with van der Waals surface area (Å²) < 4.78 is 29.8. The molecule has 0 aromatic rings. The number of sulfonamides is 1. The van der Waals surface area contributed by atoms with Crippen molar-refractivity contribution in [1.82, 2.24) is 15.4 Å². The maximum Gasteiger partial charge on any atom is 0.211 e. The van der Waals surface area contributed by atoms with E-state index < -0.39 is 10.0 Å². The highest BCUT2D eigenvalue weighted by Crippen LogP contribution is 1.85. The Bertz CT molecular complexity index is 344. The molecule has 0 spiro atoms. The van der Waals surface area contributed by atoms with Gasteiger partial charge in [0, 0.05) is 33.3 Å². The summed E-state index contributed by atoms with van der Waals surface area (Å²) in [5, 5.41) is 6.22. The molecule has 3 N–H and O–H groups in total. The van der Waals surface area contributed by atoms with Gasteiger partial charge in [-0.15, -0.1) is 0 Å². The van der Waals surface area contributed by atoms with Crippen LogP contribution in [0.3, 0.4) is 0 Å². The summed E-state index contributed by atoms with van der Waals surface area (Å²) in [6.45, 7) is 6.66. The predicted molar refractivity (Wildman–Crippen MR) is 77.9 cm³/mol. The Balaban J connectivity index is 3.90. The van der Waals surface area contributed by atoms with Crippen molar-refractivity contribution in [1.29, 1.82) is 0 Å². The predicted octanol–water partition coefficient (Wildman–Crippen LogP) is -0.483. The monoisotopic (exact) mass is 294 g/mol. The minimum Gasteiger partial charge on any atom is -0.383 e. The van der Waals surface area contributed by atoms with E-state index in [0.29, 0.717) is 32.7 Å². The minimum atomic E-state index is -3.09. The van der Waals surface area contributed by atoms with Crippen molar-refractivity contribution in [3.63, 3.8) is 0 Å². The van der Waals surface area contributed by atoms with Crippen molar-refractivity contribution in [2.45, 2.75) is 20.3 Å². The molecule has 8 heteroatoms.